The molecule has 0 spiro atoms. The molecule has 0 aromatic carbocycles. The van der Waals surface area contributed by atoms with Crippen molar-refractivity contribution in [2.24, 2.45) is 0 Å². The number of hydrogen-bond donors (Lipinski definition) is 0. The van der Waals surface area contributed by atoms with Crippen LogP contribution in [0.1, 0.15) is 0 Å². The van der Waals surface area contributed by atoms with Crippen molar-refractivity contribution in [1.82, 2.24) is 4.98 Å². The summed E-state index contributed by atoms with van der Waals surface area (Å²) in [5.74, 6) is 0. The summed E-state index contributed by atoms with van der Waals surface area (Å²) in [5.41, 5.74) is 0. The highest BCUT2D eigenvalue weighted by Crippen LogP contribution is 2.07. The van der Waals surface area contributed by atoms with E-state index in [-0.39, 0.29) is 0 Å². The van der Waals surface area contributed by atoms with E-state index in [1.54, 1.807) is 6.20 Å². The van der Waals surface area contributed by atoms with Gasteiger partial charge in [-0.15, -0.1) is 0 Å². The molecule has 1 aromatic rings. The van der Waals surface area contributed by atoms with Crippen LogP contribution in [0.3, 0.4) is 0 Å². The van der Waals surface area contributed by atoms with Crippen molar-refractivity contribution >= 4 is 25.5 Å². The van der Waals surface area contributed by atoms with Crippen molar-refractivity contribution in [3.63, 3.8) is 0 Å². The van der Waals surface area contributed by atoms with Gasteiger partial charge in [0.05, 0.1) is 5.02 Å². The summed E-state index contributed by atoms with van der Waals surface area (Å²) in [4.78, 5) is 3.93. The molecule has 1 nitrogen and oxygen atoms in total. The van der Waals surface area contributed by atoms with Gasteiger partial charge in [-0.1, -0.05) is 20.2 Å². The summed E-state index contributed by atoms with van der Waals surface area (Å²) in [6.45, 7) is 2.10. The molecule has 9 heavy (non-hydrogen) atoms. The third-order valence-corrected chi connectivity index (χ3v) is 2.05. The predicted octanol–water partition coefficient (Wildman–Crippen LogP) is 1.67. The first-order valence-electron chi connectivity index (χ1n) is 2.61. The van der Waals surface area contributed by atoms with Crippen molar-refractivity contribution in [3.05, 3.63) is 23.5 Å². The van der Waals surface area contributed by atoms with E-state index in [2.05, 4.69) is 11.6 Å². The fourth-order valence-electron chi connectivity index (χ4n) is 0.549. The second-order valence-electron chi connectivity index (χ2n) is 1.64. The van der Waals surface area contributed by atoms with Crippen molar-refractivity contribution < 1.29 is 0 Å². The Bertz CT molecular complexity index is 202. The van der Waals surface area contributed by atoms with Gasteiger partial charge in [-0.25, -0.2) is 0 Å². The van der Waals surface area contributed by atoms with Gasteiger partial charge in [0.25, 0.3) is 0 Å². The Labute approximate surface area is 61.2 Å². The van der Waals surface area contributed by atoms with Gasteiger partial charge in [-0.2, -0.15) is 0 Å². The van der Waals surface area contributed by atoms with E-state index in [0.29, 0.717) is 0 Å². The van der Waals surface area contributed by atoms with Gasteiger partial charge < -0.3 is 0 Å². The van der Waals surface area contributed by atoms with Crippen molar-refractivity contribution in [3.8, 4) is 0 Å². The van der Waals surface area contributed by atoms with Gasteiger partial charge in [0.2, 0.25) is 0 Å². The highest BCUT2D eigenvalue weighted by atomic mass is 35.5. The molecule has 1 atom stereocenters. The van der Waals surface area contributed by atoms with Crippen molar-refractivity contribution in [1.29, 1.82) is 0 Å². The lowest BCUT2D eigenvalue weighted by Gasteiger charge is -1.93. The largest absolute Gasteiger partial charge is 0.263 e. The maximum atomic E-state index is 5.67. The lowest BCUT2D eigenvalue weighted by Crippen LogP contribution is -1.92. The van der Waals surface area contributed by atoms with E-state index in [0.717, 1.165) is 13.6 Å². The monoisotopic (exact) mass is 159 g/mol. The average Bonchev–Trinajstić information content (AvgIpc) is 1.88. The highest BCUT2D eigenvalue weighted by Gasteiger charge is 1.88. The topological polar surface area (TPSA) is 12.9 Å². The molecule has 0 saturated heterocycles. The highest BCUT2D eigenvalue weighted by molar-refractivity contribution is 7.46. The first kappa shape index (κ1) is 6.98. The number of halogens is 1. The average molecular weight is 160 g/mol. The van der Waals surface area contributed by atoms with E-state index < -0.39 is 0 Å². The smallest absolute Gasteiger partial charge is 0.0595 e. The molecule has 1 aromatic heterocycles. The van der Waals surface area contributed by atoms with Crippen molar-refractivity contribution in [2.75, 3.05) is 6.66 Å². The molecular weight excluding hydrogens is 152 g/mol. The third-order valence-electron chi connectivity index (χ3n) is 0.994. The third kappa shape index (κ3) is 1.92. The maximum Gasteiger partial charge on any atom is 0.0595 e. The van der Waals surface area contributed by atoms with Gasteiger partial charge in [-0.05, 0) is 18.0 Å². The SMILES string of the molecule is CPc1cncc(Cl)c1. The Hall–Kier alpha value is -0.130. The van der Waals surface area contributed by atoms with Crippen LogP contribution in [0.4, 0.5) is 0 Å². The molecule has 0 amide bonds. The van der Waals surface area contributed by atoms with E-state index >= 15 is 0 Å². The Balaban J connectivity index is 2.94. The van der Waals surface area contributed by atoms with Gasteiger partial charge in [-0.3, -0.25) is 4.98 Å². The fourth-order valence-corrected chi connectivity index (χ4v) is 1.32. The van der Waals surface area contributed by atoms with Crippen LogP contribution in [0.25, 0.3) is 0 Å². The molecule has 0 saturated carbocycles. The molecule has 0 fully saturated rings. The molecule has 0 bridgehead atoms. The zero-order chi connectivity index (χ0) is 6.69. The molecule has 1 rings (SSSR count). The van der Waals surface area contributed by atoms with Crippen LogP contribution in [-0.4, -0.2) is 11.6 Å². The number of rotatable bonds is 1. The lowest BCUT2D eigenvalue weighted by molar-refractivity contribution is 1.35. The lowest BCUT2D eigenvalue weighted by atomic mass is 10.5. The molecule has 0 aliphatic heterocycles. The number of pyridine rings is 1. The van der Waals surface area contributed by atoms with Crippen LogP contribution >= 0.6 is 20.2 Å². The summed E-state index contributed by atoms with van der Waals surface area (Å²) in [6, 6.07) is 1.94. The Kier molecular flexibility index (Phi) is 2.44. The van der Waals surface area contributed by atoms with Gasteiger partial charge >= 0.3 is 0 Å². The first-order chi connectivity index (χ1) is 4.33. The minimum atomic E-state index is 0.724. The minimum absolute atomic E-state index is 0.724. The Morgan fingerprint density at radius 2 is 2.33 bits per heavy atom. The van der Waals surface area contributed by atoms with E-state index in [9.17, 15) is 0 Å². The molecular formula is C6H7ClNP. The first-order valence-corrected chi connectivity index (χ1v) is 4.49. The van der Waals surface area contributed by atoms with Crippen LogP contribution < -0.4 is 5.30 Å². The predicted molar refractivity (Wildman–Crippen MR) is 43.1 cm³/mol. The van der Waals surface area contributed by atoms with Crippen LogP contribution in [0, 0.1) is 0 Å². The summed E-state index contributed by atoms with van der Waals surface area (Å²) in [7, 11) is 0.779. The Morgan fingerprint density at radius 1 is 1.56 bits per heavy atom. The molecule has 0 radical (unpaired) electrons. The zero-order valence-electron chi connectivity index (χ0n) is 5.06. The van der Waals surface area contributed by atoms with E-state index in [1.165, 1.54) is 5.30 Å². The maximum absolute atomic E-state index is 5.67. The van der Waals surface area contributed by atoms with Gasteiger partial charge in [0.15, 0.2) is 0 Å². The summed E-state index contributed by atoms with van der Waals surface area (Å²) >= 11 is 5.67. The molecule has 1 heterocycles. The van der Waals surface area contributed by atoms with Gasteiger partial charge in [0.1, 0.15) is 0 Å². The minimum Gasteiger partial charge on any atom is -0.263 e. The summed E-state index contributed by atoms with van der Waals surface area (Å²) in [5, 5.41) is 1.93. The molecule has 1 unspecified atom stereocenters. The van der Waals surface area contributed by atoms with Crippen LogP contribution in [0.15, 0.2) is 18.5 Å². The van der Waals surface area contributed by atoms with Gasteiger partial charge in [0, 0.05) is 12.4 Å². The second-order valence-corrected chi connectivity index (χ2v) is 3.16. The summed E-state index contributed by atoms with van der Waals surface area (Å²) in [6.07, 6.45) is 3.48. The van der Waals surface area contributed by atoms with Crippen molar-refractivity contribution in [2.45, 2.75) is 0 Å². The zero-order valence-corrected chi connectivity index (χ0v) is 6.81. The number of aromatic nitrogens is 1. The fraction of sp³-hybridized carbons (Fsp3) is 0.167. The molecule has 0 aliphatic rings. The molecule has 48 valence electrons. The van der Waals surface area contributed by atoms with E-state index in [4.69, 9.17) is 11.6 Å². The molecule has 0 N–H and O–H groups in total. The number of hydrogen-bond acceptors (Lipinski definition) is 1. The Morgan fingerprint density at radius 3 is 2.78 bits per heavy atom. The molecule has 3 heteroatoms. The van der Waals surface area contributed by atoms with Crippen LogP contribution in [-0.2, 0) is 0 Å². The number of nitrogens with zero attached hydrogens (tertiary/aromatic N) is 1. The molecule has 0 aliphatic carbocycles. The second kappa shape index (κ2) is 3.14. The van der Waals surface area contributed by atoms with Crippen LogP contribution in [0.2, 0.25) is 5.02 Å². The van der Waals surface area contributed by atoms with E-state index in [1.807, 2.05) is 12.3 Å². The summed E-state index contributed by atoms with van der Waals surface area (Å²) < 4.78 is 0. The normalized spacial score (nSPS) is 10.9. The van der Waals surface area contributed by atoms with Crippen LogP contribution in [0.5, 0.6) is 0 Å². The standard InChI is InChI=1S/C6H7ClNP/c1-9-6-2-5(7)3-8-4-6/h2-4,9H,1H3. The quantitative estimate of drug-likeness (QED) is 0.568.